The molecule has 2 fully saturated rings. The van der Waals surface area contributed by atoms with E-state index in [1.54, 1.807) is 0 Å². The Morgan fingerprint density at radius 1 is 1.42 bits per heavy atom. The van der Waals surface area contributed by atoms with Crippen molar-refractivity contribution < 1.29 is 19.4 Å². The van der Waals surface area contributed by atoms with Crippen LogP contribution in [0, 0.1) is 5.92 Å². The van der Waals surface area contributed by atoms with Crippen LogP contribution in [-0.2, 0) is 14.3 Å². The van der Waals surface area contributed by atoms with Crippen LogP contribution in [0.25, 0.3) is 0 Å². The average Bonchev–Trinajstić information content (AvgIpc) is 3.10. The zero-order chi connectivity index (χ0) is 17.3. The molecule has 4 nitrogen and oxygen atoms in total. The predicted octanol–water partition coefficient (Wildman–Crippen LogP) is 3.46. The van der Waals surface area contributed by atoms with E-state index < -0.39 is 0 Å². The molecule has 4 unspecified atom stereocenters. The number of allylic oxidation sites excluding steroid dienone is 2. The largest absolute Gasteiger partial charge is 0.458 e. The van der Waals surface area contributed by atoms with E-state index in [1.807, 2.05) is 0 Å². The summed E-state index contributed by atoms with van der Waals surface area (Å²) in [6.07, 6.45) is 9.68. The second kappa shape index (κ2) is 6.85. The van der Waals surface area contributed by atoms with Gasteiger partial charge in [0.2, 0.25) is 0 Å². The molecule has 0 aromatic heterocycles. The highest BCUT2D eigenvalue weighted by Crippen LogP contribution is 2.44. The maximum absolute atomic E-state index is 11.9. The van der Waals surface area contributed by atoms with E-state index in [0.29, 0.717) is 18.1 Å². The highest BCUT2D eigenvalue weighted by atomic mass is 16.6. The lowest BCUT2D eigenvalue weighted by Gasteiger charge is -2.18. The molecule has 0 aromatic rings. The number of hydrogen-bond donors (Lipinski definition) is 1. The maximum Gasteiger partial charge on any atom is 0.334 e. The van der Waals surface area contributed by atoms with E-state index in [9.17, 15) is 9.90 Å². The minimum atomic E-state index is -0.275. The van der Waals surface area contributed by atoms with Gasteiger partial charge in [0, 0.05) is 17.9 Å². The van der Waals surface area contributed by atoms with Crippen molar-refractivity contribution in [1.29, 1.82) is 0 Å². The fourth-order valence-corrected chi connectivity index (χ4v) is 3.89. The maximum atomic E-state index is 11.9. The highest BCUT2D eigenvalue weighted by molar-refractivity contribution is 5.90. The Kier molecular flexibility index (Phi) is 4.97. The zero-order valence-corrected chi connectivity index (χ0v) is 14.7. The fraction of sp³-hybridized carbons (Fsp3) is 0.650. The molecule has 0 amide bonds. The summed E-state index contributed by atoms with van der Waals surface area (Å²) in [5.74, 6) is -0.268. The Bertz CT molecular complexity index is 588. The first kappa shape index (κ1) is 17.4. The van der Waals surface area contributed by atoms with Gasteiger partial charge in [0.1, 0.15) is 6.10 Å². The number of rotatable bonds is 1. The van der Waals surface area contributed by atoms with Crippen molar-refractivity contribution in [1.82, 2.24) is 0 Å². The molecule has 0 bridgehead atoms. The van der Waals surface area contributed by atoms with Gasteiger partial charge >= 0.3 is 5.97 Å². The first-order valence-electron chi connectivity index (χ1n) is 8.95. The molecule has 24 heavy (non-hydrogen) atoms. The number of epoxide rings is 1. The summed E-state index contributed by atoms with van der Waals surface area (Å²) in [7, 11) is 0. The van der Waals surface area contributed by atoms with Crippen LogP contribution in [0.3, 0.4) is 0 Å². The van der Waals surface area contributed by atoms with Gasteiger partial charge in [-0.25, -0.2) is 4.79 Å². The summed E-state index contributed by atoms with van der Waals surface area (Å²) in [6, 6.07) is 0. The minimum absolute atomic E-state index is 0.00720. The standard InChI is InChI=1S/C20H28O4/c1-13-5-4-10-20(3)18(24-20)9-7-15(12-21)6-8-16-14(2)19(22)23-17(16)11-13/h5-6,16-18,21H,2,4,7-12H2,1,3H3. The van der Waals surface area contributed by atoms with Crippen molar-refractivity contribution in [3.05, 3.63) is 35.5 Å². The monoisotopic (exact) mass is 332 g/mol. The van der Waals surface area contributed by atoms with Gasteiger partial charge in [0.25, 0.3) is 0 Å². The van der Waals surface area contributed by atoms with Crippen molar-refractivity contribution in [2.45, 2.75) is 70.2 Å². The van der Waals surface area contributed by atoms with Gasteiger partial charge < -0.3 is 14.6 Å². The molecule has 1 N–H and O–H groups in total. The quantitative estimate of drug-likeness (QED) is 0.346. The third-order valence-corrected chi connectivity index (χ3v) is 5.70. The third kappa shape index (κ3) is 3.65. The molecule has 4 heteroatoms. The van der Waals surface area contributed by atoms with Gasteiger partial charge in [-0.05, 0) is 51.5 Å². The van der Waals surface area contributed by atoms with Gasteiger partial charge in [0.15, 0.2) is 0 Å². The summed E-state index contributed by atoms with van der Waals surface area (Å²) in [4.78, 5) is 11.9. The van der Waals surface area contributed by atoms with Crippen molar-refractivity contribution in [3.8, 4) is 0 Å². The number of hydrogen-bond acceptors (Lipinski definition) is 4. The first-order chi connectivity index (χ1) is 11.4. The molecular weight excluding hydrogens is 304 g/mol. The Morgan fingerprint density at radius 2 is 2.21 bits per heavy atom. The Morgan fingerprint density at radius 3 is 2.96 bits per heavy atom. The third-order valence-electron chi connectivity index (χ3n) is 5.70. The van der Waals surface area contributed by atoms with Gasteiger partial charge in [0.05, 0.1) is 18.3 Å². The Hall–Kier alpha value is -1.39. The summed E-state index contributed by atoms with van der Waals surface area (Å²) in [5, 5.41) is 9.62. The van der Waals surface area contributed by atoms with Crippen LogP contribution in [0.4, 0.5) is 0 Å². The van der Waals surface area contributed by atoms with Crippen LogP contribution in [0.15, 0.2) is 35.5 Å². The SMILES string of the molecule is C=C1C(=O)OC2CC(C)=CCCC3(C)OC3CCC(CO)=CCC12. The molecule has 0 radical (unpaired) electrons. The molecule has 3 rings (SSSR count). The van der Waals surface area contributed by atoms with Gasteiger partial charge in [-0.3, -0.25) is 0 Å². The Balaban J connectivity index is 1.79. The van der Waals surface area contributed by atoms with E-state index in [4.69, 9.17) is 9.47 Å². The molecule has 0 aromatic carbocycles. The number of carbonyl (C=O) groups excluding carboxylic acids is 1. The van der Waals surface area contributed by atoms with Crippen LogP contribution >= 0.6 is 0 Å². The summed E-state index contributed by atoms with van der Waals surface area (Å²) >= 11 is 0. The lowest BCUT2D eigenvalue weighted by molar-refractivity contribution is -0.139. The fourth-order valence-electron chi connectivity index (χ4n) is 3.89. The smallest absolute Gasteiger partial charge is 0.334 e. The average molecular weight is 332 g/mol. The van der Waals surface area contributed by atoms with Crippen LogP contribution in [0.1, 0.15) is 52.4 Å². The van der Waals surface area contributed by atoms with Crippen LogP contribution in [0.5, 0.6) is 0 Å². The first-order valence-corrected chi connectivity index (χ1v) is 8.95. The van der Waals surface area contributed by atoms with Crippen molar-refractivity contribution in [2.24, 2.45) is 5.92 Å². The molecular formula is C20H28O4. The summed E-state index contributed by atoms with van der Waals surface area (Å²) in [5.41, 5.74) is 2.81. The number of carbonyl (C=O) groups is 1. The van der Waals surface area contributed by atoms with E-state index >= 15 is 0 Å². The molecule has 0 saturated carbocycles. The highest BCUT2D eigenvalue weighted by Gasteiger charge is 2.50. The number of aliphatic hydroxyl groups excluding tert-OH is 1. The second-order valence-corrected chi connectivity index (χ2v) is 7.58. The minimum Gasteiger partial charge on any atom is -0.458 e. The molecule has 2 heterocycles. The van der Waals surface area contributed by atoms with Crippen molar-refractivity contribution in [3.63, 3.8) is 0 Å². The summed E-state index contributed by atoms with van der Waals surface area (Å²) < 4.78 is 11.4. The number of ether oxygens (including phenoxy) is 2. The van der Waals surface area contributed by atoms with E-state index in [0.717, 1.165) is 37.7 Å². The molecule has 4 atom stereocenters. The van der Waals surface area contributed by atoms with Crippen LogP contribution in [-0.4, -0.2) is 35.5 Å². The Labute approximate surface area is 144 Å². The number of fused-ring (bicyclic) bond motifs is 2. The molecule has 132 valence electrons. The second-order valence-electron chi connectivity index (χ2n) is 7.58. The molecule has 1 aliphatic carbocycles. The van der Waals surface area contributed by atoms with Crippen LogP contribution < -0.4 is 0 Å². The van der Waals surface area contributed by atoms with E-state index in [1.165, 1.54) is 5.57 Å². The molecule has 0 spiro atoms. The molecule has 2 aliphatic heterocycles. The van der Waals surface area contributed by atoms with Gasteiger partial charge in [-0.2, -0.15) is 0 Å². The lowest BCUT2D eigenvalue weighted by Crippen LogP contribution is -2.17. The van der Waals surface area contributed by atoms with Crippen LogP contribution in [0.2, 0.25) is 0 Å². The lowest BCUT2D eigenvalue weighted by atomic mass is 9.88. The number of aliphatic hydroxyl groups is 1. The van der Waals surface area contributed by atoms with Crippen molar-refractivity contribution in [2.75, 3.05) is 6.61 Å². The zero-order valence-electron chi connectivity index (χ0n) is 14.7. The predicted molar refractivity (Wildman–Crippen MR) is 92.4 cm³/mol. The summed E-state index contributed by atoms with van der Waals surface area (Å²) in [6.45, 7) is 8.25. The van der Waals surface area contributed by atoms with Gasteiger partial charge in [-0.1, -0.05) is 24.3 Å². The number of esters is 1. The normalized spacial score (nSPS) is 37.5. The van der Waals surface area contributed by atoms with E-state index in [2.05, 4.69) is 32.6 Å². The van der Waals surface area contributed by atoms with E-state index in [-0.39, 0.29) is 30.2 Å². The van der Waals surface area contributed by atoms with Crippen molar-refractivity contribution >= 4 is 5.97 Å². The van der Waals surface area contributed by atoms with Gasteiger partial charge in [-0.15, -0.1) is 0 Å². The topological polar surface area (TPSA) is 59.1 Å². The molecule has 2 saturated heterocycles. The molecule has 3 aliphatic rings.